The first-order valence-corrected chi connectivity index (χ1v) is 4.91. The molecule has 0 aromatic rings. The molecule has 2 N–H and O–H groups in total. The van der Waals surface area contributed by atoms with Gasteiger partial charge in [0.2, 0.25) is 0 Å². The molecule has 0 aliphatic carbocycles. The summed E-state index contributed by atoms with van der Waals surface area (Å²) in [6.45, 7) is 4.65. The summed E-state index contributed by atoms with van der Waals surface area (Å²) in [5.41, 5.74) is 0. The Hall–Kier alpha value is -0.330. The Labute approximate surface area is 88.3 Å². The molecule has 0 spiro atoms. The summed E-state index contributed by atoms with van der Waals surface area (Å²) in [4.78, 5) is 2.01. The summed E-state index contributed by atoms with van der Waals surface area (Å²) >= 11 is 0. The number of nitrogens with one attached hydrogen (secondary N) is 1. The number of hydrogen-bond donors (Lipinski definition) is 2. The number of halogens is 3. The van der Waals surface area contributed by atoms with Crippen molar-refractivity contribution >= 4 is 0 Å². The molecular weight excluding hydrogens is 209 g/mol. The molecule has 0 bridgehead atoms. The van der Waals surface area contributed by atoms with Gasteiger partial charge in [0.1, 0.15) is 0 Å². The van der Waals surface area contributed by atoms with Crippen molar-refractivity contribution in [3.05, 3.63) is 0 Å². The van der Waals surface area contributed by atoms with E-state index in [0.717, 1.165) is 0 Å². The monoisotopic (exact) mass is 228 g/mol. The van der Waals surface area contributed by atoms with Gasteiger partial charge in [-0.1, -0.05) is 0 Å². The number of aliphatic hydroxyl groups excluding tert-OH is 1. The van der Waals surface area contributed by atoms with Crippen molar-refractivity contribution in [2.45, 2.75) is 32.2 Å². The van der Waals surface area contributed by atoms with Crippen LogP contribution in [-0.2, 0) is 0 Å². The van der Waals surface area contributed by atoms with E-state index in [1.807, 2.05) is 25.8 Å². The number of rotatable bonds is 6. The van der Waals surface area contributed by atoms with E-state index in [-0.39, 0.29) is 0 Å². The molecule has 0 aliphatic rings. The standard InChI is InChI=1S/C9H19F3N2O/c1-7(2)14(3)5-4-13-6-8(15)9(10,11)12/h7-8,13,15H,4-6H2,1-3H3. The van der Waals surface area contributed by atoms with Crippen LogP contribution in [0.1, 0.15) is 13.8 Å². The van der Waals surface area contributed by atoms with Crippen LogP contribution in [0.15, 0.2) is 0 Å². The van der Waals surface area contributed by atoms with E-state index < -0.39 is 18.8 Å². The van der Waals surface area contributed by atoms with E-state index in [1.165, 1.54) is 0 Å². The predicted molar refractivity (Wildman–Crippen MR) is 52.7 cm³/mol. The van der Waals surface area contributed by atoms with Crippen molar-refractivity contribution in [2.75, 3.05) is 26.7 Å². The lowest BCUT2D eigenvalue weighted by molar-refractivity contribution is -0.201. The normalized spacial score (nSPS) is 15.0. The average molecular weight is 228 g/mol. The third-order valence-corrected chi connectivity index (χ3v) is 2.24. The second-order valence-electron chi connectivity index (χ2n) is 3.84. The van der Waals surface area contributed by atoms with Crippen LogP contribution in [-0.4, -0.2) is 55.0 Å². The minimum atomic E-state index is -4.53. The van der Waals surface area contributed by atoms with Gasteiger partial charge in [0.05, 0.1) is 0 Å². The molecule has 0 rings (SSSR count). The van der Waals surface area contributed by atoms with Crippen molar-refractivity contribution in [1.29, 1.82) is 0 Å². The van der Waals surface area contributed by atoms with Gasteiger partial charge in [-0.3, -0.25) is 0 Å². The molecule has 0 amide bonds. The molecule has 6 heteroatoms. The Balaban J connectivity index is 3.55. The molecule has 0 saturated heterocycles. The minimum Gasteiger partial charge on any atom is -0.382 e. The van der Waals surface area contributed by atoms with Crippen LogP contribution in [0.5, 0.6) is 0 Å². The van der Waals surface area contributed by atoms with Gasteiger partial charge in [-0.25, -0.2) is 0 Å². The topological polar surface area (TPSA) is 35.5 Å². The van der Waals surface area contributed by atoms with Crippen LogP contribution in [0.3, 0.4) is 0 Å². The smallest absolute Gasteiger partial charge is 0.382 e. The Bertz CT molecular complexity index is 173. The summed E-state index contributed by atoms with van der Waals surface area (Å²) in [6.07, 6.45) is -6.81. The van der Waals surface area contributed by atoms with Crippen molar-refractivity contribution in [2.24, 2.45) is 0 Å². The van der Waals surface area contributed by atoms with Crippen LogP contribution in [0, 0.1) is 0 Å². The van der Waals surface area contributed by atoms with Crippen LogP contribution >= 0.6 is 0 Å². The summed E-state index contributed by atoms with van der Waals surface area (Å²) < 4.78 is 35.6. The molecule has 0 radical (unpaired) electrons. The highest BCUT2D eigenvalue weighted by atomic mass is 19.4. The molecule has 1 atom stereocenters. The lowest BCUT2D eigenvalue weighted by Gasteiger charge is -2.21. The average Bonchev–Trinajstić information content (AvgIpc) is 2.09. The van der Waals surface area contributed by atoms with Gasteiger partial charge in [0.15, 0.2) is 6.10 Å². The summed E-state index contributed by atoms with van der Waals surface area (Å²) in [5.74, 6) is 0. The molecule has 0 saturated carbocycles. The van der Waals surface area contributed by atoms with Crippen LogP contribution < -0.4 is 5.32 Å². The Morgan fingerprint density at radius 3 is 2.27 bits per heavy atom. The maximum Gasteiger partial charge on any atom is 0.415 e. The van der Waals surface area contributed by atoms with E-state index in [2.05, 4.69) is 5.32 Å². The van der Waals surface area contributed by atoms with E-state index in [9.17, 15) is 13.2 Å². The van der Waals surface area contributed by atoms with Crippen LogP contribution in [0.25, 0.3) is 0 Å². The molecule has 1 unspecified atom stereocenters. The number of nitrogens with zero attached hydrogens (tertiary/aromatic N) is 1. The zero-order valence-electron chi connectivity index (χ0n) is 9.30. The first kappa shape index (κ1) is 14.7. The quantitative estimate of drug-likeness (QED) is 0.661. The van der Waals surface area contributed by atoms with Gasteiger partial charge in [-0.15, -0.1) is 0 Å². The molecule has 0 heterocycles. The van der Waals surface area contributed by atoms with Gasteiger partial charge in [-0.2, -0.15) is 13.2 Å². The summed E-state index contributed by atoms with van der Waals surface area (Å²) in [5, 5.41) is 11.2. The fourth-order valence-corrected chi connectivity index (χ4v) is 0.868. The molecule has 15 heavy (non-hydrogen) atoms. The van der Waals surface area contributed by atoms with Crippen LogP contribution in [0.4, 0.5) is 13.2 Å². The number of likely N-dealkylation sites (N-methyl/N-ethyl adjacent to an activating group) is 1. The van der Waals surface area contributed by atoms with Crippen molar-refractivity contribution in [3.8, 4) is 0 Å². The molecule has 0 aromatic carbocycles. The number of aliphatic hydroxyl groups is 1. The Morgan fingerprint density at radius 1 is 1.33 bits per heavy atom. The largest absolute Gasteiger partial charge is 0.415 e. The summed E-state index contributed by atoms with van der Waals surface area (Å²) in [7, 11) is 1.90. The van der Waals surface area contributed by atoms with Gasteiger partial charge >= 0.3 is 6.18 Å². The zero-order chi connectivity index (χ0) is 12.1. The second kappa shape index (κ2) is 6.30. The fraction of sp³-hybridized carbons (Fsp3) is 1.00. The lowest BCUT2D eigenvalue weighted by atomic mass is 10.3. The Kier molecular flexibility index (Phi) is 6.16. The van der Waals surface area contributed by atoms with Crippen LogP contribution in [0.2, 0.25) is 0 Å². The highest BCUT2D eigenvalue weighted by Crippen LogP contribution is 2.18. The van der Waals surface area contributed by atoms with Crippen molar-refractivity contribution in [1.82, 2.24) is 10.2 Å². The molecular formula is C9H19F3N2O. The first-order chi connectivity index (χ1) is 6.75. The zero-order valence-corrected chi connectivity index (χ0v) is 9.30. The molecule has 0 aliphatic heterocycles. The lowest BCUT2D eigenvalue weighted by Crippen LogP contribution is -2.41. The van der Waals surface area contributed by atoms with Gasteiger partial charge in [-0.05, 0) is 20.9 Å². The first-order valence-electron chi connectivity index (χ1n) is 4.91. The van der Waals surface area contributed by atoms with Crippen molar-refractivity contribution < 1.29 is 18.3 Å². The maximum atomic E-state index is 11.9. The third-order valence-electron chi connectivity index (χ3n) is 2.24. The van der Waals surface area contributed by atoms with Gasteiger partial charge in [0, 0.05) is 25.7 Å². The predicted octanol–water partition coefficient (Wildman–Crippen LogP) is 0.839. The SMILES string of the molecule is CC(C)N(C)CCNCC(O)C(F)(F)F. The van der Waals surface area contributed by atoms with Crippen molar-refractivity contribution in [3.63, 3.8) is 0 Å². The number of hydrogen-bond acceptors (Lipinski definition) is 3. The number of alkyl halides is 3. The third kappa shape index (κ3) is 6.70. The van der Waals surface area contributed by atoms with E-state index in [1.54, 1.807) is 0 Å². The van der Waals surface area contributed by atoms with E-state index in [4.69, 9.17) is 5.11 Å². The summed E-state index contributed by atoms with van der Waals surface area (Å²) in [6, 6.07) is 0.360. The van der Waals surface area contributed by atoms with Gasteiger partial charge < -0.3 is 15.3 Å². The van der Waals surface area contributed by atoms with E-state index in [0.29, 0.717) is 19.1 Å². The molecule has 0 fully saturated rings. The molecule has 3 nitrogen and oxygen atoms in total. The molecule has 0 aromatic heterocycles. The fourth-order valence-electron chi connectivity index (χ4n) is 0.868. The highest BCUT2D eigenvalue weighted by molar-refractivity contribution is 4.68. The highest BCUT2D eigenvalue weighted by Gasteiger charge is 2.37. The van der Waals surface area contributed by atoms with Gasteiger partial charge in [0.25, 0.3) is 0 Å². The Morgan fingerprint density at radius 2 is 1.87 bits per heavy atom. The maximum absolute atomic E-state index is 11.9. The minimum absolute atomic E-state index is 0.360. The van der Waals surface area contributed by atoms with E-state index >= 15 is 0 Å². The second-order valence-corrected chi connectivity index (χ2v) is 3.84. The molecule has 92 valence electrons.